The summed E-state index contributed by atoms with van der Waals surface area (Å²) in [6.07, 6.45) is 7.03. The number of carbonyl (C=O) groups is 1. The van der Waals surface area contributed by atoms with Gasteiger partial charge in [-0.2, -0.15) is 0 Å². The van der Waals surface area contributed by atoms with Crippen LogP contribution in [0.4, 0.5) is 0 Å². The van der Waals surface area contributed by atoms with Crippen molar-refractivity contribution >= 4 is 5.78 Å². The molecule has 2 N–H and O–H groups in total. The molecule has 8 atom stereocenters. The van der Waals surface area contributed by atoms with Crippen molar-refractivity contribution in [2.75, 3.05) is 0 Å². The molecule has 0 spiro atoms. The highest BCUT2D eigenvalue weighted by atomic mass is 16.3. The summed E-state index contributed by atoms with van der Waals surface area (Å²) in [6, 6.07) is 0. The van der Waals surface area contributed by atoms with Gasteiger partial charge in [0.15, 0.2) is 0 Å². The molecular formula is C19H30O3. The molecule has 0 amide bonds. The zero-order valence-corrected chi connectivity index (χ0v) is 13.9. The average molecular weight is 306 g/mol. The third-order valence-corrected chi connectivity index (χ3v) is 8.06. The molecule has 4 saturated carbocycles. The van der Waals surface area contributed by atoms with Gasteiger partial charge in [-0.25, -0.2) is 0 Å². The number of rotatable bonds is 0. The lowest BCUT2D eigenvalue weighted by molar-refractivity contribution is -0.159. The molecule has 4 rings (SSSR count). The van der Waals surface area contributed by atoms with E-state index in [9.17, 15) is 15.0 Å². The number of carbonyl (C=O) groups excluding carboxylic acids is 1. The third kappa shape index (κ3) is 1.97. The van der Waals surface area contributed by atoms with Crippen LogP contribution in [0.3, 0.4) is 0 Å². The van der Waals surface area contributed by atoms with Gasteiger partial charge in [0.2, 0.25) is 0 Å². The van der Waals surface area contributed by atoms with Gasteiger partial charge in [0.1, 0.15) is 5.78 Å². The van der Waals surface area contributed by atoms with Crippen molar-refractivity contribution in [2.45, 2.75) is 77.4 Å². The fourth-order valence-electron chi connectivity index (χ4n) is 7.10. The highest BCUT2D eigenvalue weighted by Crippen LogP contribution is 2.65. The van der Waals surface area contributed by atoms with Crippen LogP contribution in [-0.4, -0.2) is 28.2 Å². The molecule has 3 heteroatoms. The molecule has 0 saturated heterocycles. The maximum atomic E-state index is 13.1. The summed E-state index contributed by atoms with van der Waals surface area (Å²) in [7, 11) is 0. The van der Waals surface area contributed by atoms with E-state index in [-0.39, 0.29) is 29.0 Å². The summed E-state index contributed by atoms with van der Waals surface area (Å²) in [6.45, 7) is 4.56. The topological polar surface area (TPSA) is 57.5 Å². The Kier molecular flexibility index (Phi) is 3.30. The van der Waals surface area contributed by atoms with Gasteiger partial charge in [-0.3, -0.25) is 4.79 Å². The van der Waals surface area contributed by atoms with Crippen molar-refractivity contribution in [3.05, 3.63) is 0 Å². The Morgan fingerprint density at radius 2 is 1.82 bits per heavy atom. The Labute approximate surface area is 133 Å². The Morgan fingerprint density at radius 1 is 1.05 bits per heavy atom. The van der Waals surface area contributed by atoms with Gasteiger partial charge >= 0.3 is 0 Å². The zero-order valence-electron chi connectivity index (χ0n) is 13.9. The van der Waals surface area contributed by atoms with Crippen molar-refractivity contribution in [2.24, 2.45) is 34.5 Å². The summed E-state index contributed by atoms with van der Waals surface area (Å²) < 4.78 is 0. The van der Waals surface area contributed by atoms with E-state index in [1.807, 2.05) is 0 Å². The monoisotopic (exact) mass is 306 g/mol. The van der Waals surface area contributed by atoms with Crippen molar-refractivity contribution in [1.29, 1.82) is 0 Å². The summed E-state index contributed by atoms with van der Waals surface area (Å²) in [5, 5.41) is 20.2. The summed E-state index contributed by atoms with van der Waals surface area (Å²) in [5.41, 5.74) is 0.128. The summed E-state index contributed by atoms with van der Waals surface area (Å²) in [5.74, 6) is 2.15. The minimum Gasteiger partial charge on any atom is -0.393 e. The molecule has 4 aliphatic rings. The van der Waals surface area contributed by atoms with Crippen molar-refractivity contribution in [3.63, 3.8) is 0 Å². The van der Waals surface area contributed by atoms with E-state index in [1.165, 1.54) is 0 Å². The van der Waals surface area contributed by atoms with Gasteiger partial charge in [-0.1, -0.05) is 13.8 Å². The lowest BCUT2D eigenvalue weighted by Gasteiger charge is -2.59. The predicted octanol–water partition coefficient (Wildman–Crippen LogP) is 2.93. The van der Waals surface area contributed by atoms with E-state index in [2.05, 4.69) is 13.8 Å². The van der Waals surface area contributed by atoms with Crippen LogP contribution in [0.25, 0.3) is 0 Å². The lowest BCUT2D eigenvalue weighted by atomic mass is 9.45. The minimum atomic E-state index is -0.208. The molecule has 0 aromatic heterocycles. The average Bonchev–Trinajstić information content (AvgIpc) is 2.73. The quantitative estimate of drug-likeness (QED) is 0.723. The van der Waals surface area contributed by atoms with Crippen molar-refractivity contribution in [3.8, 4) is 0 Å². The van der Waals surface area contributed by atoms with E-state index >= 15 is 0 Å². The molecule has 0 radical (unpaired) electrons. The molecular weight excluding hydrogens is 276 g/mol. The normalized spacial score (nSPS) is 57.9. The van der Waals surface area contributed by atoms with Crippen LogP contribution in [-0.2, 0) is 4.79 Å². The van der Waals surface area contributed by atoms with Gasteiger partial charge in [-0.05, 0) is 73.5 Å². The number of hydrogen-bond acceptors (Lipinski definition) is 3. The number of aliphatic hydroxyl groups is 2. The molecule has 0 aromatic rings. The molecule has 4 aliphatic carbocycles. The van der Waals surface area contributed by atoms with E-state index < -0.39 is 0 Å². The Hall–Kier alpha value is -0.410. The standard InChI is InChI=1S/C19H30O3/c1-18-9-13(21)8-15(18)14-4-3-11-7-12(20)5-6-19(11,2)17(14)16(22)10-18/h11-15,17,20-21H,3-10H2,1-2H3/t11-,12+,13+,14-,15-,17+,18-,19-/m0/s1. The van der Waals surface area contributed by atoms with Crippen LogP contribution < -0.4 is 0 Å². The number of Topliss-reactive ketones (excluding diaryl/α,β-unsaturated/α-hetero) is 1. The predicted molar refractivity (Wildman–Crippen MR) is 84.1 cm³/mol. The SMILES string of the molecule is C[C@]12CC(=O)[C@H]3[C@@H](CC[C@H]4C[C@H](O)CC[C@@]43C)[C@@H]1C[C@@H](O)C2. The number of aliphatic hydroxyl groups excluding tert-OH is 2. The Morgan fingerprint density at radius 3 is 2.59 bits per heavy atom. The molecule has 22 heavy (non-hydrogen) atoms. The lowest BCUT2D eigenvalue weighted by Crippen LogP contribution is -2.56. The van der Waals surface area contributed by atoms with Crippen LogP contribution in [0.15, 0.2) is 0 Å². The van der Waals surface area contributed by atoms with Gasteiger partial charge in [0, 0.05) is 12.3 Å². The maximum absolute atomic E-state index is 13.1. The smallest absolute Gasteiger partial charge is 0.137 e. The van der Waals surface area contributed by atoms with E-state index in [0.29, 0.717) is 30.0 Å². The van der Waals surface area contributed by atoms with Crippen LogP contribution >= 0.6 is 0 Å². The molecule has 4 fully saturated rings. The second-order valence-corrected chi connectivity index (χ2v) is 9.35. The largest absolute Gasteiger partial charge is 0.393 e. The van der Waals surface area contributed by atoms with E-state index in [4.69, 9.17) is 0 Å². The molecule has 0 aromatic carbocycles. The maximum Gasteiger partial charge on any atom is 0.137 e. The summed E-state index contributed by atoms with van der Waals surface area (Å²) >= 11 is 0. The highest BCUT2D eigenvalue weighted by molar-refractivity contribution is 5.84. The first-order chi connectivity index (χ1) is 10.3. The van der Waals surface area contributed by atoms with Crippen LogP contribution in [0, 0.1) is 34.5 Å². The third-order valence-electron chi connectivity index (χ3n) is 8.06. The molecule has 3 nitrogen and oxygen atoms in total. The molecule has 0 bridgehead atoms. The minimum absolute atomic E-state index is 0.0368. The van der Waals surface area contributed by atoms with Crippen LogP contribution in [0.1, 0.15) is 65.2 Å². The number of fused-ring (bicyclic) bond motifs is 5. The Balaban J connectivity index is 1.68. The fraction of sp³-hybridized carbons (Fsp3) is 0.947. The van der Waals surface area contributed by atoms with Crippen molar-refractivity contribution < 1.29 is 15.0 Å². The van der Waals surface area contributed by atoms with Gasteiger partial charge in [-0.15, -0.1) is 0 Å². The van der Waals surface area contributed by atoms with Crippen LogP contribution in [0.2, 0.25) is 0 Å². The summed E-state index contributed by atoms with van der Waals surface area (Å²) in [4.78, 5) is 13.1. The zero-order chi connectivity index (χ0) is 15.7. The molecule has 0 heterocycles. The van der Waals surface area contributed by atoms with E-state index in [0.717, 1.165) is 44.9 Å². The molecule has 0 aliphatic heterocycles. The van der Waals surface area contributed by atoms with E-state index in [1.54, 1.807) is 0 Å². The fourth-order valence-corrected chi connectivity index (χ4v) is 7.10. The number of ketones is 1. The van der Waals surface area contributed by atoms with Crippen molar-refractivity contribution in [1.82, 2.24) is 0 Å². The van der Waals surface area contributed by atoms with Gasteiger partial charge < -0.3 is 10.2 Å². The Bertz CT molecular complexity index is 489. The van der Waals surface area contributed by atoms with Gasteiger partial charge in [0.05, 0.1) is 12.2 Å². The van der Waals surface area contributed by atoms with Crippen LogP contribution in [0.5, 0.6) is 0 Å². The second kappa shape index (κ2) is 4.80. The first kappa shape index (κ1) is 15.1. The van der Waals surface area contributed by atoms with Gasteiger partial charge in [0.25, 0.3) is 0 Å². The first-order valence-corrected chi connectivity index (χ1v) is 9.22. The molecule has 0 unspecified atom stereocenters. The molecule has 124 valence electrons. The number of hydrogen-bond donors (Lipinski definition) is 2. The second-order valence-electron chi connectivity index (χ2n) is 9.35. The highest BCUT2D eigenvalue weighted by Gasteiger charge is 2.62. The first-order valence-electron chi connectivity index (χ1n) is 9.22.